The molecule has 0 saturated heterocycles. The third-order valence-electron chi connectivity index (χ3n) is 5.47. The molecule has 1 N–H and O–H groups in total. The van der Waals surface area contributed by atoms with Crippen LogP contribution in [0.15, 0.2) is 66.7 Å². The Balaban J connectivity index is 1.34. The first kappa shape index (κ1) is 19.3. The number of rotatable bonds is 3. The SMILES string of the molecule is O=C(Nc1cccc(N2C(=O)c3ccccc3C2=O)c1)C1COc2ccc(Cl)cc2C1. The van der Waals surface area contributed by atoms with E-state index in [-0.39, 0.29) is 30.2 Å². The first-order chi connectivity index (χ1) is 15.0. The Morgan fingerprint density at radius 1 is 0.968 bits per heavy atom. The Bertz CT molecular complexity index is 1200. The Hall–Kier alpha value is -3.64. The number of nitrogens with one attached hydrogen (secondary N) is 1. The van der Waals surface area contributed by atoms with E-state index in [9.17, 15) is 14.4 Å². The number of halogens is 1. The number of benzene rings is 3. The third-order valence-corrected chi connectivity index (χ3v) is 5.70. The number of anilines is 2. The number of ether oxygens (including phenoxy) is 1. The van der Waals surface area contributed by atoms with Crippen molar-refractivity contribution in [1.29, 1.82) is 0 Å². The summed E-state index contributed by atoms with van der Waals surface area (Å²) < 4.78 is 5.70. The van der Waals surface area contributed by atoms with Crippen LogP contribution in [-0.4, -0.2) is 24.3 Å². The minimum atomic E-state index is -0.381. The second-order valence-corrected chi connectivity index (χ2v) is 7.93. The van der Waals surface area contributed by atoms with Crippen molar-refractivity contribution in [2.45, 2.75) is 6.42 Å². The Morgan fingerprint density at radius 3 is 2.45 bits per heavy atom. The molecule has 0 saturated carbocycles. The lowest BCUT2D eigenvalue weighted by molar-refractivity contribution is -0.121. The number of hydrogen-bond donors (Lipinski definition) is 1. The molecule has 3 aromatic carbocycles. The average Bonchev–Trinajstić information content (AvgIpc) is 3.03. The van der Waals surface area contributed by atoms with Gasteiger partial charge in [-0.05, 0) is 60.5 Å². The maximum Gasteiger partial charge on any atom is 0.266 e. The van der Waals surface area contributed by atoms with E-state index < -0.39 is 0 Å². The normalized spacial score (nSPS) is 17.1. The van der Waals surface area contributed by atoms with Gasteiger partial charge in [-0.15, -0.1) is 0 Å². The van der Waals surface area contributed by atoms with E-state index in [1.54, 1.807) is 66.7 Å². The minimum Gasteiger partial charge on any atom is -0.492 e. The molecule has 2 aliphatic rings. The van der Waals surface area contributed by atoms with Crippen LogP contribution in [-0.2, 0) is 11.2 Å². The van der Waals surface area contributed by atoms with Crippen LogP contribution in [0, 0.1) is 5.92 Å². The van der Waals surface area contributed by atoms with Crippen molar-refractivity contribution in [3.8, 4) is 5.75 Å². The van der Waals surface area contributed by atoms with Gasteiger partial charge in [0.05, 0.1) is 22.7 Å². The van der Waals surface area contributed by atoms with Crippen LogP contribution in [0.25, 0.3) is 0 Å². The molecule has 0 radical (unpaired) electrons. The van der Waals surface area contributed by atoms with Gasteiger partial charge in [0.25, 0.3) is 11.8 Å². The van der Waals surface area contributed by atoms with Crippen molar-refractivity contribution in [3.05, 3.63) is 88.4 Å². The van der Waals surface area contributed by atoms with Crippen LogP contribution in [0.3, 0.4) is 0 Å². The van der Waals surface area contributed by atoms with Gasteiger partial charge in [0, 0.05) is 10.7 Å². The van der Waals surface area contributed by atoms with E-state index in [1.165, 1.54) is 0 Å². The summed E-state index contributed by atoms with van der Waals surface area (Å²) in [6, 6.07) is 18.8. The molecule has 0 aromatic heterocycles. The van der Waals surface area contributed by atoms with Crippen molar-refractivity contribution in [2.24, 2.45) is 5.92 Å². The van der Waals surface area contributed by atoms with Crippen molar-refractivity contribution in [3.63, 3.8) is 0 Å². The molecule has 31 heavy (non-hydrogen) atoms. The fraction of sp³-hybridized carbons (Fsp3) is 0.125. The standard InChI is InChI=1S/C24H17ClN2O4/c25-16-8-9-21-14(11-16)10-15(13-31-21)22(28)26-17-4-3-5-18(12-17)27-23(29)19-6-1-2-7-20(19)24(27)30/h1-9,11-12,15H,10,13H2,(H,26,28). The van der Waals surface area contributed by atoms with Gasteiger partial charge < -0.3 is 10.1 Å². The molecule has 2 heterocycles. The summed E-state index contributed by atoms with van der Waals surface area (Å²) in [5.41, 5.74) is 2.54. The molecule has 0 spiro atoms. The smallest absolute Gasteiger partial charge is 0.266 e. The van der Waals surface area contributed by atoms with Gasteiger partial charge in [0.1, 0.15) is 12.4 Å². The van der Waals surface area contributed by atoms with Crippen LogP contribution >= 0.6 is 11.6 Å². The Labute approximate surface area is 183 Å². The zero-order chi connectivity index (χ0) is 21.5. The van der Waals surface area contributed by atoms with Crippen LogP contribution in [0.4, 0.5) is 11.4 Å². The largest absolute Gasteiger partial charge is 0.492 e. The first-order valence-corrected chi connectivity index (χ1v) is 10.2. The highest BCUT2D eigenvalue weighted by Crippen LogP contribution is 2.32. The highest BCUT2D eigenvalue weighted by atomic mass is 35.5. The van der Waals surface area contributed by atoms with E-state index in [1.807, 2.05) is 0 Å². The molecule has 5 rings (SSSR count). The zero-order valence-corrected chi connectivity index (χ0v) is 17.1. The lowest BCUT2D eigenvalue weighted by Crippen LogP contribution is -2.33. The van der Waals surface area contributed by atoms with Crippen molar-refractivity contribution >= 4 is 40.7 Å². The summed E-state index contributed by atoms with van der Waals surface area (Å²) in [7, 11) is 0. The van der Waals surface area contributed by atoms with Crippen molar-refractivity contribution in [1.82, 2.24) is 0 Å². The fourth-order valence-corrected chi connectivity index (χ4v) is 4.12. The van der Waals surface area contributed by atoms with Gasteiger partial charge in [-0.25, -0.2) is 4.90 Å². The van der Waals surface area contributed by atoms with E-state index in [0.29, 0.717) is 33.9 Å². The molecule has 3 amide bonds. The van der Waals surface area contributed by atoms with Crippen molar-refractivity contribution < 1.29 is 19.1 Å². The van der Waals surface area contributed by atoms with E-state index >= 15 is 0 Å². The Morgan fingerprint density at radius 2 is 1.71 bits per heavy atom. The lowest BCUT2D eigenvalue weighted by atomic mass is 9.96. The highest BCUT2D eigenvalue weighted by Gasteiger charge is 2.36. The van der Waals surface area contributed by atoms with Gasteiger partial charge in [-0.1, -0.05) is 29.8 Å². The minimum absolute atomic E-state index is 0.204. The molecule has 6 nitrogen and oxygen atoms in total. The summed E-state index contributed by atoms with van der Waals surface area (Å²) in [6.45, 7) is 0.262. The van der Waals surface area contributed by atoms with Crippen LogP contribution in [0.2, 0.25) is 5.02 Å². The maximum absolute atomic E-state index is 12.8. The quantitative estimate of drug-likeness (QED) is 0.625. The van der Waals surface area contributed by atoms with E-state index in [0.717, 1.165) is 16.2 Å². The van der Waals surface area contributed by atoms with Gasteiger partial charge in [-0.3, -0.25) is 14.4 Å². The summed E-state index contributed by atoms with van der Waals surface area (Å²) in [4.78, 5) is 39.4. The molecule has 3 aromatic rings. The molecule has 154 valence electrons. The molecular weight excluding hydrogens is 416 g/mol. The fourth-order valence-electron chi connectivity index (χ4n) is 3.92. The predicted octanol–water partition coefficient (Wildman–Crippen LogP) is 4.33. The number of hydrogen-bond acceptors (Lipinski definition) is 4. The van der Waals surface area contributed by atoms with Crippen molar-refractivity contribution in [2.75, 3.05) is 16.8 Å². The molecule has 0 fully saturated rings. The monoisotopic (exact) mass is 432 g/mol. The topological polar surface area (TPSA) is 75.7 Å². The third kappa shape index (κ3) is 3.45. The molecule has 2 aliphatic heterocycles. The first-order valence-electron chi connectivity index (χ1n) is 9.81. The molecule has 0 bridgehead atoms. The summed E-state index contributed by atoms with van der Waals surface area (Å²) in [5, 5.41) is 3.47. The summed E-state index contributed by atoms with van der Waals surface area (Å²) >= 11 is 6.05. The summed E-state index contributed by atoms with van der Waals surface area (Å²) in [5.74, 6) is -0.600. The van der Waals surface area contributed by atoms with E-state index in [2.05, 4.69) is 5.32 Å². The van der Waals surface area contributed by atoms with Gasteiger partial charge >= 0.3 is 0 Å². The second kappa shape index (κ2) is 7.56. The maximum atomic E-state index is 12.8. The molecule has 1 atom stereocenters. The second-order valence-electron chi connectivity index (χ2n) is 7.49. The zero-order valence-electron chi connectivity index (χ0n) is 16.3. The van der Waals surface area contributed by atoms with Gasteiger partial charge in [-0.2, -0.15) is 0 Å². The number of imide groups is 1. The predicted molar refractivity (Wildman–Crippen MR) is 117 cm³/mol. The number of fused-ring (bicyclic) bond motifs is 2. The van der Waals surface area contributed by atoms with Gasteiger partial charge in [0.15, 0.2) is 0 Å². The number of nitrogens with zero attached hydrogens (tertiary/aromatic N) is 1. The van der Waals surface area contributed by atoms with Crippen LogP contribution in [0.5, 0.6) is 5.75 Å². The molecule has 7 heteroatoms. The average molecular weight is 433 g/mol. The molecule has 0 aliphatic carbocycles. The lowest BCUT2D eigenvalue weighted by Gasteiger charge is -2.25. The van der Waals surface area contributed by atoms with Crippen LogP contribution < -0.4 is 15.0 Å². The number of amides is 3. The molecular formula is C24H17ClN2O4. The Kier molecular flexibility index (Phi) is 4.71. The molecule has 1 unspecified atom stereocenters. The highest BCUT2D eigenvalue weighted by molar-refractivity contribution is 6.34. The number of carbonyl (C=O) groups excluding carboxylic acids is 3. The van der Waals surface area contributed by atoms with E-state index in [4.69, 9.17) is 16.3 Å². The van der Waals surface area contributed by atoms with Crippen LogP contribution in [0.1, 0.15) is 26.3 Å². The number of carbonyl (C=O) groups is 3. The summed E-state index contributed by atoms with van der Waals surface area (Å²) in [6.07, 6.45) is 0.514. The van der Waals surface area contributed by atoms with Gasteiger partial charge in [0.2, 0.25) is 5.91 Å².